The van der Waals surface area contributed by atoms with E-state index in [2.05, 4.69) is 10.3 Å². The van der Waals surface area contributed by atoms with Crippen molar-refractivity contribution in [3.63, 3.8) is 0 Å². The summed E-state index contributed by atoms with van der Waals surface area (Å²) in [6, 6.07) is 3.89. The summed E-state index contributed by atoms with van der Waals surface area (Å²) < 4.78 is 0.501. The number of aromatic nitrogens is 1. The van der Waals surface area contributed by atoms with Crippen LogP contribution in [-0.2, 0) is 0 Å². The van der Waals surface area contributed by atoms with Crippen LogP contribution in [0.5, 0.6) is 0 Å². The number of pyridine rings is 1. The van der Waals surface area contributed by atoms with Crippen molar-refractivity contribution in [3.05, 3.63) is 28.5 Å². The van der Waals surface area contributed by atoms with E-state index in [1.807, 2.05) is 0 Å². The van der Waals surface area contributed by atoms with Crippen LogP contribution in [-0.4, -0.2) is 16.9 Å². The first-order valence-electron chi connectivity index (χ1n) is 4.26. The molecule has 1 aromatic heterocycles. The Bertz CT molecular complexity index is 381. The minimum atomic E-state index is -0.0654. The predicted molar refractivity (Wildman–Crippen MR) is 52.1 cm³/mol. The van der Waals surface area contributed by atoms with E-state index in [1.165, 1.54) is 0 Å². The Morgan fingerprint density at radius 3 is 3.00 bits per heavy atom. The van der Waals surface area contributed by atoms with Crippen molar-refractivity contribution in [2.75, 3.05) is 0 Å². The molecular weight excluding hydrogens is 184 g/mol. The molecule has 0 radical (unpaired) electrons. The first-order valence-corrected chi connectivity index (χ1v) is 4.67. The van der Waals surface area contributed by atoms with Crippen molar-refractivity contribution in [3.8, 4) is 0 Å². The van der Waals surface area contributed by atoms with Crippen molar-refractivity contribution < 1.29 is 4.79 Å². The molecule has 0 bridgehead atoms. The predicted octanol–water partition coefficient (Wildman–Crippen LogP) is 1.64. The quantitative estimate of drug-likeness (QED) is 0.703. The van der Waals surface area contributed by atoms with Crippen LogP contribution in [0.2, 0.25) is 0 Å². The first-order chi connectivity index (χ1) is 6.27. The molecule has 4 heteroatoms. The summed E-state index contributed by atoms with van der Waals surface area (Å²) in [5, 5.41) is 2.89. The van der Waals surface area contributed by atoms with Gasteiger partial charge < -0.3 is 10.3 Å². The lowest BCUT2D eigenvalue weighted by molar-refractivity contribution is 0.0950. The van der Waals surface area contributed by atoms with Crippen LogP contribution in [0, 0.1) is 4.64 Å². The van der Waals surface area contributed by atoms with Crippen molar-refractivity contribution in [1.29, 1.82) is 0 Å². The monoisotopic (exact) mass is 194 g/mol. The second-order valence-corrected chi connectivity index (χ2v) is 3.57. The highest BCUT2D eigenvalue weighted by Crippen LogP contribution is 2.19. The molecule has 3 nitrogen and oxygen atoms in total. The number of aromatic amines is 1. The van der Waals surface area contributed by atoms with Crippen molar-refractivity contribution in [2.45, 2.75) is 18.9 Å². The van der Waals surface area contributed by atoms with E-state index in [0.717, 1.165) is 12.8 Å². The smallest absolute Gasteiger partial charge is 0.254 e. The zero-order valence-electron chi connectivity index (χ0n) is 7.04. The van der Waals surface area contributed by atoms with E-state index in [9.17, 15) is 4.79 Å². The number of amides is 1. The van der Waals surface area contributed by atoms with Gasteiger partial charge >= 0.3 is 0 Å². The van der Waals surface area contributed by atoms with Crippen LogP contribution in [0.25, 0.3) is 0 Å². The normalized spacial score (nSPS) is 15.4. The van der Waals surface area contributed by atoms with Gasteiger partial charge in [0.15, 0.2) is 0 Å². The van der Waals surface area contributed by atoms with Gasteiger partial charge in [-0.05, 0) is 25.0 Å². The molecule has 68 valence electrons. The topological polar surface area (TPSA) is 44.9 Å². The third-order valence-corrected chi connectivity index (χ3v) is 2.31. The van der Waals surface area contributed by atoms with Crippen LogP contribution in [0.15, 0.2) is 18.3 Å². The minimum absolute atomic E-state index is 0.0654. The summed E-state index contributed by atoms with van der Waals surface area (Å²) in [5.41, 5.74) is 0.560. The van der Waals surface area contributed by atoms with Gasteiger partial charge in [0.1, 0.15) is 4.64 Å². The van der Waals surface area contributed by atoms with Gasteiger partial charge in [-0.25, -0.2) is 0 Å². The van der Waals surface area contributed by atoms with Crippen LogP contribution in [0.4, 0.5) is 0 Å². The van der Waals surface area contributed by atoms with Crippen LogP contribution >= 0.6 is 12.2 Å². The SMILES string of the molecule is O=C(NC1CC1)c1ccc[nH]c1=S. The molecule has 0 aromatic carbocycles. The van der Waals surface area contributed by atoms with E-state index < -0.39 is 0 Å². The summed E-state index contributed by atoms with van der Waals surface area (Å²) in [4.78, 5) is 14.3. The second-order valence-electron chi connectivity index (χ2n) is 3.16. The second kappa shape index (κ2) is 3.30. The molecule has 1 heterocycles. The summed E-state index contributed by atoms with van der Waals surface area (Å²) in [6.07, 6.45) is 3.90. The molecule has 2 N–H and O–H groups in total. The molecule has 1 saturated carbocycles. The molecule has 1 fully saturated rings. The molecule has 0 atom stereocenters. The third kappa shape index (κ3) is 1.95. The van der Waals surface area contributed by atoms with Gasteiger partial charge in [0.05, 0.1) is 5.56 Å². The maximum Gasteiger partial charge on any atom is 0.254 e. The average Bonchev–Trinajstić information content (AvgIpc) is 2.89. The van der Waals surface area contributed by atoms with Gasteiger partial charge in [-0.2, -0.15) is 0 Å². The zero-order valence-corrected chi connectivity index (χ0v) is 7.86. The third-order valence-electron chi connectivity index (χ3n) is 1.98. The van der Waals surface area contributed by atoms with Gasteiger partial charge in [-0.1, -0.05) is 12.2 Å². The first kappa shape index (κ1) is 8.44. The Morgan fingerprint density at radius 2 is 2.38 bits per heavy atom. The van der Waals surface area contributed by atoms with Crippen LogP contribution in [0.1, 0.15) is 23.2 Å². The fourth-order valence-electron chi connectivity index (χ4n) is 1.09. The highest BCUT2D eigenvalue weighted by atomic mass is 32.1. The lowest BCUT2D eigenvalue weighted by Crippen LogP contribution is -2.25. The molecule has 0 aliphatic heterocycles. The van der Waals surface area contributed by atoms with Gasteiger partial charge in [-0.15, -0.1) is 0 Å². The molecule has 1 aromatic rings. The molecule has 13 heavy (non-hydrogen) atoms. The highest BCUT2D eigenvalue weighted by molar-refractivity contribution is 7.71. The molecule has 1 aliphatic carbocycles. The van der Waals surface area contributed by atoms with E-state index in [4.69, 9.17) is 12.2 Å². The number of carbonyl (C=O) groups excluding carboxylic acids is 1. The number of carbonyl (C=O) groups is 1. The standard InChI is InChI=1S/C9H10N2OS/c12-8(11-6-3-4-6)7-2-1-5-10-9(7)13/h1-2,5-6H,3-4H2,(H,10,13)(H,11,12). The molecule has 0 unspecified atom stereocenters. The average molecular weight is 194 g/mol. The van der Waals surface area contributed by atoms with Gasteiger partial charge in [0.25, 0.3) is 5.91 Å². The highest BCUT2D eigenvalue weighted by Gasteiger charge is 2.23. The van der Waals surface area contributed by atoms with Crippen LogP contribution in [0.3, 0.4) is 0 Å². The van der Waals surface area contributed by atoms with Gasteiger partial charge in [0, 0.05) is 12.2 Å². The summed E-state index contributed by atoms with van der Waals surface area (Å²) in [7, 11) is 0. The van der Waals surface area contributed by atoms with Crippen molar-refractivity contribution >= 4 is 18.1 Å². The number of rotatable bonds is 2. The van der Waals surface area contributed by atoms with Gasteiger partial charge in [-0.3, -0.25) is 4.79 Å². The maximum atomic E-state index is 11.5. The fourth-order valence-corrected chi connectivity index (χ4v) is 1.32. The van der Waals surface area contributed by atoms with E-state index in [-0.39, 0.29) is 5.91 Å². The Balaban J connectivity index is 2.18. The Labute approximate surface area is 81.2 Å². The fraction of sp³-hybridized carbons (Fsp3) is 0.333. The largest absolute Gasteiger partial charge is 0.352 e. The van der Waals surface area contributed by atoms with Crippen molar-refractivity contribution in [1.82, 2.24) is 10.3 Å². The van der Waals surface area contributed by atoms with E-state index in [1.54, 1.807) is 18.3 Å². The number of hydrogen-bond acceptors (Lipinski definition) is 2. The van der Waals surface area contributed by atoms with Crippen LogP contribution < -0.4 is 5.32 Å². The Morgan fingerprint density at radius 1 is 1.62 bits per heavy atom. The molecule has 0 saturated heterocycles. The molecule has 0 spiro atoms. The zero-order chi connectivity index (χ0) is 9.26. The maximum absolute atomic E-state index is 11.5. The Hall–Kier alpha value is -1.16. The number of H-pyrrole nitrogens is 1. The molecule has 1 amide bonds. The summed E-state index contributed by atoms with van der Waals surface area (Å²) >= 11 is 4.99. The van der Waals surface area contributed by atoms with Gasteiger partial charge in [0.2, 0.25) is 0 Å². The van der Waals surface area contributed by atoms with E-state index >= 15 is 0 Å². The molecule has 2 rings (SSSR count). The van der Waals surface area contributed by atoms with Crippen molar-refractivity contribution in [2.24, 2.45) is 0 Å². The Kier molecular flexibility index (Phi) is 2.14. The molecular formula is C9H10N2OS. The molecule has 1 aliphatic rings. The summed E-state index contributed by atoms with van der Waals surface area (Å²) in [5.74, 6) is -0.0654. The lowest BCUT2D eigenvalue weighted by Gasteiger charge is -2.01. The lowest BCUT2D eigenvalue weighted by atomic mass is 10.3. The number of nitrogens with one attached hydrogen (secondary N) is 2. The number of hydrogen-bond donors (Lipinski definition) is 2. The summed E-state index contributed by atoms with van der Waals surface area (Å²) in [6.45, 7) is 0. The van der Waals surface area contributed by atoms with E-state index in [0.29, 0.717) is 16.2 Å². The minimum Gasteiger partial charge on any atom is -0.352 e.